The molecule has 0 saturated heterocycles. The van der Waals surface area contributed by atoms with Gasteiger partial charge in [0.15, 0.2) is 0 Å². The van der Waals surface area contributed by atoms with Crippen LogP contribution in [0.1, 0.15) is 6.92 Å². The lowest BCUT2D eigenvalue weighted by Gasteiger charge is -2.25. The summed E-state index contributed by atoms with van der Waals surface area (Å²) < 4.78 is 0. The van der Waals surface area contributed by atoms with Crippen molar-refractivity contribution in [2.24, 2.45) is 11.8 Å². The minimum atomic E-state index is -0.925. The molecule has 0 aliphatic carbocycles. The first-order valence-electron chi connectivity index (χ1n) is 5.80. The molecule has 0 aromatic heterocycles. The van der Waals surface area contributed by atoms with Crippen molar-refractivity contribution in [1.82, 2.24) is 0 Å². The molecule has 19 heavy (non-hydrogen) atoms. The van der Waals surface area contributed by atoms with E-state index in [4.69, 9.17) is 0 Å². The first-order chi connectivity index (χ1) is 9.03. The van der Waals surface area contributed by atoms with E-state index in [0.29, 0.717) is 0 Å². The van der Waals surface area contributed by atoms with Crippen molar-refractivity contribution in [3.8, 4) is 12.8 Å². The van der Waals surface area contributed by atoms with Crippen molar-refractivity contribution >= 4 is 0 Å². The highest BCUT2D eigenvalue weighted by atomic mass is 16.3. The lowest BCUT2D eigenvalue weighted by molar-refractivity contribution is -0.00870. The van der Waals surface area contributed by atoms with Crippen molar-refractivity contribution in [1.29, 1.82) is 0 Å². The van der Waals surface area contributed by atoms with Crippen LogP contribution in [0.2, 0.25) is 0 Å². The van der Waals surface area contributed by atoms with Gasteiger partial charge >= 0.3 is 0 Å². The molecular formula is C17H26O2. The van der Waals surface area contributed by atoms with Crippen LogP contribution in [0, 0.1) is 24.7 Å². The Morgan fingerprint density at radius 1 is 0.737 bits per heavy atom. The molecule has 2 heteroatoms. The number of aliphatic hydroxyl groups is 2. The maximum atomic E-state index is 9.72. The van der Waals surface area contributed by atoms with E-state index in [1.165, 1.54) is 0 Å². The van der Waals surface area contributed by atoms with E-state index in [1.807, 2.05) is 6.92 Å². The molecule has 0 radical (unpaired) electrons. The minimum absolute atomic E-state index is 0.326. The van der Waals surface area contributed by atoms with Gasteiger partial charge in [0.2, 0.25) is 0 Å². The van der Waals surface area contributed by atoms with Crippen LogP contribution in [0.15, 0.2) is 63.3 Å². The Balaban J connectivity index is -0.000000445. The molecule has 0 spiro atoms. The third kappa shape index (κ3) is 9.84. The lowest BCUT2D eigenvalue weighted by Crippen LogP contribution is -2.36. The second-order valence-corrected chi connectivity index (χ2v) is 3.49. The van der Waals surface area contributed by atoms with Crippen LogP contribution >= 0.6 is 0 Å². The summed E-state index contributed by atoms with van der Waals surface area (Å²) in [5.41, 5.74) is 0. The highest BCUT2D eigenvalue weighted by Gasteiger charge is 2.26. The Labute approximate surface area is 118 Å². The van der Waals surface area contributed by atoms with Crippen LogP contribution in [0.3, 0.4) is 0 Å². The predicted octanol–water partition coefficient (Wildman–Crippen LogP) is 3.13. The molecule has 2 atom stereocenters. The van der Waals surface area contributed by atoms with Crippen molar-refractivity contribution in [3.05, 3.63) is 63.3 Å². The van der Waals surface area contributed by atoms with Gasteiger partial charge in [-0.3, -0.25) is 0 Å². The molecular weight excluding hydrogens is 236 g/mol. The Hall–Kier alpha value is -1.82. The number of terminal acetylenes is 1. The SMILES string of the molecule is C#C.C=CC.C=CC(C=C)C(O)C(O)C(C=C)C=C. The number of hydrogen-bond acceptors (Lipinski definition) is 2. The molecule has 0 aliphatic rings. The van der Waals surface area contributed by atoms with Crippen LogP contribution in [-0.4, -0.2) is 22.4 Å². The fourth-order valence-electron chi connectivity index (χ4n) is 1.21. The van der Waals surface area contributed by atoms with Gasteiger partial charge in [-0.05, 0) is 6.92 Å². The third-order valence-corrected chi connectivity index (χ3v) is 2.23. The van der Waals surface area contributed by atoms with Gasteiger partial charge in [-0.25, -0.2) is 0 Å². The maximum Gasteiger partial charge on any atom is 0.0904 e. The van der Waals surface area contributed by atoms with Gasteiger partial charge in [-0.15, -0.1) is 45.7 Å². The van der Waals surface area contributed by atoms with Crippen LogP contribution in [0.25, 0.3) is 0 Å². The van der Waals surface area contributed by atoms with Gasteiger partial charge in [0, 0.05) is 11.8 Å². The van der Waals surface area contributed by atoms with E-state index >= 15 is 0 Å². The standard InChI is InChI=1S/C12H18O2.C3H6.C2H2/c1-5-9(6-2)11(13)12(14)10(7-3)8-4;1-3-2;1-2/h5-14H,1-4H2;3H,1H2,2H3;1-2H. The number of hydrogen-bond donors (Lipinski definition) is 2. The molecule has 0 aromatic rings. The summed E-state index contributed by atoms with van der Waals surface area (Å²) in [5, 5.41) is 19.4. The number of allylic oxidation sites excluding steroid dienone is 1. The molecule has 0 aromatic carbocycles. The van der Waals surface area contributed by atoms with E-state index in [2.05, 4.69) is 45.7 Å². The molecule has 0 saturated carbocycles. The Kier molecular flexibility index (Phi) is 19.0. The average Bonchev–Trinajstić information content (AvgIpc) is 2.44. The quantitative estimate of drug-likeness (QED) is 0.546. The van der Waals surface area contributed by atoms with E-state index < -0.39 is 12.2 Å². The van der Waals surface area contributed by atoms with Crippen molar-refractivity contribution in [2.45, 2.75) is 19.1 Å². The second-order valence-electron chi connectivity index (χ2n) is 3.49. The van der Waals surface area contributed by atoms with Gasteiger partial charge in [-0.1, -0.05) is 30.4 Å². The molecule has 106 valence electrons. The predicted molar refractivity (Wildman–Crippen MR) is 85.5 cm³/mol. The summed E-state index contributed by atoms with van der Waals surface area (Å²) >= 11 is 0. The van der Waals surface area contributed by atoms with Gasteiger partial charge in [0.1, 0.15) is 0 Å². The summed E-state index contributed by atoms with van der Waals surface area (Å²) in [4.78, 5) is 0. The number of rotatable bonds is 7. The second kappa shape index (κ2) is 16.2. The van der Waals surface area contributed by atoms with Gasteiger partial charge in [0.05, 0.1) is 12.2 Å². The third-order valence-electron chi connectivity index (χ3n) is 2.23. The minimum Gasteiger partial charge on any atom is -0.389 e. The summed E-state index contributed by atoms with van der Waals surface area (Å²) in [6.45, 7) is 19.5. The molecule has 0 heterocycles. The Bertz CT molecular complexity index is 249. The lowest BCUT2D eigenvalue weighted by atomic mass is 9.90. The molecule has 0 aliphatic heterocycles. The van der Waals surface area contributed by atoms with E-state index in [-0.39, 0.29) is 11.8 Å². The average molecular weight is 262 g/mol. The summed E-state index contributed by atoms with van der Waals surface area (Å²) in [7, 11) is 0. The molecule has 0 amide bonds. The monoisotopic (exact) mass is 262 g/mol. The van der Waals surface area contributed by atoms with Crippen LogP contribution in [-0.2, 0) is 0 Å². The molecule has 2 nitrogen and oxygen atoms in total. The van der Waals surface area contributed by atoms with E-state index in [0.717, 1.165) is 0 Å². The van der Waals surface area contributed by atoms with E-state index in [1.54, 1.807) is 30.4 Å². The Morgan fingerprint density at radius 2 is 0.895 bits per heavy atom. The smallest absolute Gasteiger partial charge is 0.0904 e. The Morgan fingerprint density at radius 3 is 1.00 bits per heavy atom. The molecule has 2 N–H and O–H groups in total. The summed E-state index contributed by atoms with van der Waals surface area (Å²) in [5.74, 6) is -0.653. The molecule has 0 fully saturated rings. The zero-order valence-electron chi connectivity index (χ0n) is 11.8. The molecule has 2 unspecified atom stereocenters. The fourth-order valence-corrected chi connectivity index (χ4v) is 1.21. The summed E-state index contributed by atoms with van der Waals surface area (Å²) in [6, 6.07) is 0. The van der Waals surface area contributed by atoms with Crippen LogP contribution in [0.4, 0.5) is 0 Å². The topological polar surface area (TPSA) is 40.5 Å². The van der Waals surface area contributed by atoms with E-state index in [9.17, 15) is 10.2 Å². The van der Waals surface area contributed by atoms with Crippen molar-refractivity contribution < 1.29 is 10.2 Å². The van der Waals surface area contributed by atoms with Crippen LogP contribution in [0.5, 0.6) is 0 Å². The highest BCUT2D eigenvalue weighted by molar-refractivity contribution is 5.05. The highest BCUT2D eigenvalue weighted by Crippen LogP contribution is 2.18. The normalized spacial score (nSPS) is 11.7. The van der Waals surface area contributed by atoms with Gasteiger partial charge in [-0.2, -0.15) is 0 Å². The molecule has 0 rings (SSSR count). The molecule has 0 bridgehead atoms. The zero-order valence-corrected chi connectivity index (χ0v) is 11.8. The van der Waals surface area contributed by atoms with Crippen LogP contribution < -0.4 is 0 Å². The van der Waals surface area contributed by atoms with Gasteiger partial charge in [0.25, 0.3) is 0 Å². The zero-order chi connectivity index (χ0) is 15.8. The number of aliphatic hydroxyl groups excluding tert-OH is 2. The van der Waals surface area contributed by atoms with Crippen molar-refractivity contribution in [3.63, 3.8) is 0 Å². The summed E-state index contributed by atoms with van der Waals surface area (Å²) in [6.07, 6.45) is 14.1. The first-order valence-corrected chi connectivity index (χ1v) is 5.80. The van der Waals surface area contributed by atoms with Crippen molar-refractivity contribution in [2.75, 3.05) is 0 Å². The first kappa shape index (κ1) is 22.4. The maximum absolute atomic E-state index is 9.72. The largest absolute Gasteiger partial charge is 0.389 e. The van der Waals surface area contributed by atoms with Gasteiger partial charge < -0.3 is 10.2 Å². The fraction of sp³-hybridized carbons (Fsp3) is 0.294.